The Kier molecular flexibility index (Phi) is 4.99. The number of hydrogen-bond donors (Lipinski definition) is 0. The zero-order valence-corrected chi connectivity index (χ0v) is 17.5. The number of thiazole rings is 1. The van der Waals surface area contributed by atoms with Gasteiger partial charge in [-0.25, -0.2) is 4.98 Å². The number of rotatable bonds is 4. The normalized spacial score (nSPS) is 14.8. The number of fused-ring (bicyclic) bond motifs is 1. The molecule has 3 aromatic heterocycles. The smallest absolute Gasteiger partial charge is 0.271 e. The number of carbonyl (C=O) groups excluding carboxylic acids is 1. The second kappa shape index (κ2) is 7.95. The van der Waals surface area contributed by atoms with Gasteiger partial charge in [-0.1, -0.05) is 5.16 Å². The van der Waals surface area contributed by atoms with Crippen molar-refractivity contribution < 1.29 is 14.1 Å². The lowest BCUT2D eigenvalue weighted by molar-refractivity contribution is 0.0702. The molecule has 0 bridgehead atoms. The fourth-order valence-corrected chi connectivity index (χ4v) is 4.40. The van der Waals surface area contributed by atoms with Crippen molar-refractivity contribution in [3.63, 3.8) is 0 Å². The molecule has 1 amide bonds. The van der Waals surface area contributed by atoms with Gasteiger partial charge in [0.05, 0.1) is 7.11 Å². The molecule has 0 radical (unpaired) electrons. The molecule has 0 aliphatic carbocycles. The maximum Gasteiger partial charge on any atom is 0.271 e. The Morgan fingerprint density at radius 3 is 2.74 bits per heavy atom. The zero-order chi connectivity index (χ0) is 21.4. The monoisotopic (exact) mass is 437 g/mol. The number of carbonyl (C=O) groups is 1. The van der Waals surface area contributed by atoms with Gasteiger partial charge in [0.2, 0.25) is 11.7 Å². The molecule has 10 heteroatoms. The van der Waals surface area contributed by atoms with Crippen LogP contribution in [0.2, 0.25) is 0 Å². The number of methoxy groups -OCH3 is 1. The summed E-state index contributed by atoms with van der Waals surface area (Å²) < 4.78 is 12.1. The van der Waals surface area contributed by atoms with E-state index in [1.54, 1.807) is 23.6 Å². The molecule has 0 atom stereocenters. The Bertz CT molecular complexity index is 1290. The van der Waals surface area contributed by atoms with Crippen LogP contribution in [0.3, 0.4) is 0 Å². The number of ether oxygens (including phenoxy) is 1. The van der Waals surface area contributed by atoms with Gasteiger partial charge in [-0.15, -0.1) is 11.3 Å². The summed E-state index contributed by atoms with van der Waals surface area (Å²) in [7, 11) is 1.62. The summed E-state index contributed by atoms with van der Waals surface area (Å²) in [4.78, 5) is 36.5. The lowest BCUT2D eigenvalue weighted by Crippen LogP contribution is -2.40. The molecule has 158 valence electrons. The highest BCUT2D eigenvalue weighted by Crippen LogP contribution is 2.29. The quantitative estimate of drug-likeness (QED) is 0.484. The SMILES string of the molecule is COc1ccc(-c2noc(C3CCN(C(=O)c4cnc5sccn5c4=O)CC3)n2)cc1. The third kappa shape index (κ3) is 3.59. The van der Waals surface area contributed by atoms with E-state index in [1.807, 2.05) is 24.3 Å². The molecule has 0 N–H and O–H groups in total. The van der Waals surface area contributed by atoms with Crippen LogP contribution in [0.4, 0.5) is 0 Å². The summed E-state index contributed by atoms with van der Waals surface area (Å²) in [5, 5.41) is 5.87. The standard InChI is InChI=1S/C21H19N5O4S/c1-29-15-4-2-13(3-5-15)17-23-18(30-24-17)14-6-8-25(9-7-14)19(27)16-12-22-21-26(20(16)28)10-11-31-21/h2-5,10-12,14H,6-9H2,1H3. The van der Waals surface area contributed by atoms with Crippen molar-refractivity contribution in [2.75, 3.05) is 20.2 Å². The third-order valence-electron chi connectivity index (χ3n) is 5.49. The minimum atomic E-state index is -0.334. The molecule has 0 saturated carbocycles. The molecule has 1 fully saturated rings. The van der Waals surface area contributed by atoms with E-state index in [0.29, 0.717) is 42.6 Å². The number of likely N-dealkylation sites (tertiary alicyclic amines) is 1. The van der Waals surface area contributed by atoms with Crippen molar-refractivity contribution in [3.8, 4) is 17.1 Å². The van der Waals surface area contributed by atoms with Crippen LogP contribution in [0, 0.1) is 0 Å². The van der Waals surface area contributed by atoms with E-state index in [1.165, 1.54) is 21.9 Å². The first-order chi connectivity index (χ1) is 15.1. The molecular formula is C21H19N5O4S. The highest BCUT2D eigenvalue weighted by Gasteiger charge is 2.29. The lowest BCUT2D eigenvalue weighted by Gasteiger charge is -2.30. The molecule has 4 aromatic rings. The first-order valence-corrected chi connectivity index (χ1v) is 10.7. The minimum Gasteiger partial charge on any atom is -0.497 e. The molecule has 0 spiro atoms. The fourth-order valence-electron chi connectivity index (χ4n) is 3.73. The van der Waals surface area contributed by atoms with Crippen LogP contribution in [-0.4, -0.2) is 50.5 Å². The fraction of sp³-hybridized carbons (Fsp3) is 0.286. The molecule has 0 unspecified atom stereocenters. The van der Waals surface area contributed by atoms with Crippen LogP contribution in [0.25, 0.3) is 16.3 Å². The topological polar surface area (TPSA) is 103 Å². The van der Waals surface area contributed by atoms with Crippen molar-refractivity contribution in [1.82, 2.24) is 24.4 Å². The summed E-state index contributed by atoms with van der Waals surface area (Å²) >= 11 is 1.35. The largest absolute Gasteiger partial charge is 0.497 e. The molecular weight excluding hydrogens is 418 g/mol. The lowest BCUT2D eigenvalue weighted by atomic mass is 9.96. The van der Waals surface area contributed by atoms with Crippen LogP contribution >= 0.6 is 11.3 Å². The summed E-state index contributed by atoms with van der Waals surface area (Å²) in [5.74, 6) is 1.64. The number of aromatic nitrogens is 4. The average molecular weight is 437 g/mol. The highest BCUT2D eigenvalue weighted by molar-refractivity contribution is 7.15. The van der Waals surface area contributed by atoms with E-state index < -0.39 is 0 Å². The Morgan fingerprint density at radius 1 is 1.23 bits per heavy atom. The van der Waals surface area contributed by atoms with Crippen molar-refractivity contribution in [2.45, 2.75) is 18.8 Å². The first kappa shape index (κ1) is 19.4. The Hall–Kier alpha value is -3.53. The van der Waals surface area contributed by atoms with Gasteiger partial charge in [-0.3, -0.25) is 14.0 Å². The number of amides is 1. The van der Waals surface area contributed by atoms with Gasteiger partial charge < -0.3 is 14.2 Å². The number of piperidine rings is 1. The van der Waals surface area contributed by atoms with Gasteiger partial charge >= 0.3 is 0 Å². The van der Waals surface area contributed by atoms with Gasteiger partial charge in [0.25, 0.3) is 11.5 Å². The van der Waals surface area contributed by atoms with Crippen LogP contribution in [0.5, 0.6) is 5.75 Å². The van der Waals surface area contributed by atoms with E-state index in [9.17, 15) is 9.59 Å². The van der Waals surface area contributed by atoms with Gasteiger partial charge in [0.1, 0.15) is 11.3 Å². The van der Waals surface area contributed by atoms with Gasteiger partial charge in [0.15, 0.2) is 4.96 Å². The van der Waals surface area contributed by atoms with E-state index in [0.717, 1.165) is 11.3 Å². The van der Waals surface area contributed by atoms with Gasteiger partial charge in [-0.05, 0) is 37.1 Å². The van der Waals surface area contributed by atoms with Crippen LogP contribution in [0.15, 0.2) is 51.4 Å². The average Bonchev–Trinajstić information content (AvgIpc) is 3.50. The molecule has 1 aliphatic heterocycles. The van der Waals surface area contributed by atoms with Crippen molar-refractivity contribution >= 4 is 22.2 Å². The maximum absolute atomic E-state index is 12.9. The van der Waals surface area contributed by atoms with Crippen LogP contribution in [-0.2, 0) is 0 Å². The molecule has 5 rings (SSSR count). The second-order valence-electron chi connectivity index (χ2n) is 7.28. The summed E-state index contributed by atoms with van der Waals surface area (Å²) in [6.07, 6.45) is 4.38. The summed E-state index contributed by atoms with van der Waals surface area (Å²) in [6, 6.07) is 7.46. The molecule has 31 heavy (non-hydrogen) atoms. The van der Waals surface area contributed by atoms with Gasteiger partial charge in [0, 0.05) is 42.3 Å². The Labute approximate surface area is 180 Å². The van der Waals surface area contributed by atoms with Crippen molar-refractivity contribution in [2.24, 2.45) is 0 Å². The van der Waals surface area contributed by atoms with E-state index >= 15 is 0 Å². The summed E-state index contributed by atoms with van der Waals surface area (Å²) in [6.45, 7) is 1.02. The minimum absolute atomic E-state index is 0.0714. The molecule has 9 nitrogen and oxygen atoms in total. The summed E-state index contributed by atoms with van der Waals surface area (Å²) in [5.41, 5.74) is 0.605. The molecule has 4 heterocycles. The maximum atomic E-state index is 12.9. The Balaban J connectivity index is 1.27. The third-order valence-corrected chi connectivity index (χ3v) is 6.27. The van der Waals surface area contributed by atoms with Crippen LogP contribution < -0.4 is 10.3 Å². The zero-order valence-electron chi connectivity index (χ0n) is 16.7. The molecule has 1 aromatic carbocycles. The predicted molar refractivity (Wildman–Crippen MR) is 114 cm³/mol. The van der Waals surface area contributed by atoms with E-state index in [-0.39, 0.29) is 22.9 Å². The number of nitrogens with zero attached hydrogens (tertiary/aromatic N) is 5. The van der Waals surface area contributed by atoms with Gasteiger partial charge in [-0.2, -0.15) is 4.98 Å². The van der Waals surface area contributed by atoms with E-state index in [4.69, 9.17) is 9.26 Å². The molecule has 1 saturated heterocycles. The highest BCUT2D eigenvalue weighted by atomic mass is 32.1. The first-order valence-electron chi connectivity index (χ1n) is 9.86. The number of hydrogen-bond acceptors (Lipinski definition) is 8. The van der Waals surface area contributed by atoms with Crippen LogP contribution in [0.1, 0.15) is 35.0 Å². The number of benzene rings is 1. The second-order valence-corrected chi connectivity index (χ2v) is 8.16. The van der Waals surface area contributed by atoms with Crippen molar-refractivity contribution in [1.29, 1.82) is 0 Å². The molecule has 1 aliphatic rings. The Morgan fingerprint density at radius 2 is 2.00 bits per heavy atom. The predicted octanol–water partition coefficient (Wildman–Crippen LogP) is 2.83. The van der Waals surface area contributed by atoms with E-state index in [2.05, 4.69) is 15.1 Å². The van der Waals surface area contributed by atoms with Crippen molar-refractivity contribution in [3.05, 3.63) is 63.8 Å².